The van der Waals surface area contributed by atoms with Crippen LogP contribution in [0.3, 0.4) is 0 Å². The van der Waals surface area contributed by atoms with Crippen molar-refractivity contribution in [2.45, 2.75) is 6.92 Å². The summed E-state index contributed by atoms with van der Waals surface area (Å²) >= 11 is 4.20. The lowest BCUT2D eigenvalue weighted by Crippen LogP contribution is -1.41. The first-order valence-corrected chi connectivity index (χ1v) is 1.81. The molecule has 2 heteroatoms. The smallest absolute Gasteiger partial charge is 0.0742 e. The summed E-state index contributed by atoms with van der Waals surface area (Å²) < 4.78 is 0. The van der Waals surface area contributed by atoms with Crippen LogP contribution in [-0.2, 0) is 0 Å². The molecule has 30 valence electrons. The van der Waals surface area contributed by atoms with Crippen LogP contribution in [0.1, 0.15) is 6.92 Å². The van der Waals surface area contributed by atoms with Gasteiger partial charge in [0.15, 0.2) is 0 Å². The molecule has 6 heavy (non-hydrogen) atoms. The van der Waals surface area contributed by atoms with Gasteiger partial charge in [-0.25, -0.2) is 0 Å². The fourth-order valence-corrected chi connectivity index (χ4v) is 0.124. The minimum Gasteiger partial charge on any atom is -0.142 e. The van der Waals surface area contributed by atoms with Gasteiger partial charge in [-0.2, -0.15) is 0 Å². The summed E-state index contributed by atoms with van der Waals surface area (Å²) in [5.41, 5.74) is 0. The minimum atomic E-state index is 1.69. The number of hydrogen-bond donors (Lipinski definition) is 0. The molecular weight excluding hydrogens is 94.1 g/mol. The van der Waals surface area contributed by atoms with Crippen molar-refractivity contribution in [3.8, 4) is 12.0 Å². The number of thiocarbonyl (C=S) groups is 1. The van der Waals surface area contributed by atoms with Crippen molar-refractivity contribution in [1.29, 1.82) is 0 Å². The van der Waals surface area contributed by atoms with E-state index in [0.29, 0.717) is 0 Å². The highest BCUT2D eigenvalue weighted by molar-refractivity contribution is 7.78. The first-order chi connectivity index (χ1) is 2.91. The van der Waals surface area contributed by atoms with E-state index in [1.807, 2.05) is 0 Å². The van der Waals surface area contributed by atoms with Crippen LogP contribution in [0.2, 0.25) is 0 Å². The van der Waals surface area contributed by atoms with Gasteiger partial charge in [-0.15, -0.1) is 4.99 Å². The SMILES string of the molecule is CC#CN=C=S. The molecule has 0 aliphatic rings. The molecule has 0 aromatic rings. The van der Waals surface area contributed by atoms with Gasteiger partial charge in [-0.05, 0) is 19.1 Å². The van der Waals surface area contributed by atoms with Gasteiger partial charge < -0.3 is 0 Å². The van der Waals surface area contributed by atoms with Crippen LogP contribution in [0, 0.1) is 12.0 Å². The van der Waals surface area contributed by atoms with E-state index in [1.54, 1.807) is 6.92 Å². The van der Waals surface area contributed by atoms with Crippen molar-refractivity contribution in [1.82, 2.24) is 0 Å². The molecule has 0 atom stereocenters. The van der Waals surface area contributed by atoms with Crippen molar-refractivity contribution >= 4 is 17.4 Å². The largest absolute Gasteiger partial charge is 0.142 e. The van der Waals surface area contributed by atoms with E-state index in [4.69, 9.17) is 0 Å². The Balaban J connectivity index is 3.53. The summed E-state index contributed by atoms with van der Waals surface area (Å²) in [4.78, 5) is 3.29. The number of hydrogen-bond acceptors (Lipinski definition) is 2. The van der Waals surface area contributed by atoms with Crippen LogP contribution in [0.5, 0.6) is 0 Å². The van der Waals surface area contributed by atoms with Crippen LogP contribution < -0.4 is 0 Å². The standard InChI is InChI=1S/C4H3NS/c1-2-3-5-4-6/h1H3. The van der Waals surface area contributed by atoms with Gasteiger partial charge >= 0.3 is 0 Å². The van der Waals surface area contributed by atoms with Gasteiger partial charge in [-0.3, -0.25) is 0 Å². The Hall–Kier alpha value is -0.640. The third-order valence-electron chi connectivity index (χ3n) is 0.213. The lowest BCUT2D eigenvalue weighted by molar-refractivity contribution is 1.72. The molecule has 0 aromatic carbocycles. The topological polar surface area (TPSA) is 12.4 Å². The third kappa shape index (κ3) is 3.36. The monoisotopic (exact) mass is 97.0 g/mol. The van der Waals surface area contributed by atoms with Crippen molar-refractivity contribution in [3.63, 3.8) is 0 Å². The van der Waals surface area contributed by atoms with E-state index in [2.05, 4.69) is 34.3 Å². The molecule has 1 nitrogen and oxygen atoms in total. The normalized spacial score (nSPS) is 4.17. The minimum absolute atomic E-state index is 1.69. The number of nitrogens with zero attached hydrogens (tertiary/aromatic N) is 1. The molecule has 0 saturated carbocycles. The molecule has 0 saturated heterocycles. The van der Waals surface area contributed by atoms with Gasteiger partial charge in [0, 0.05) is 6.04 Å². The first kappa shape index (κ1) is 5.36. The predicted octanol–water partition coefficient (Wildman–Crippen LogP) is 1.07. The van der Waals surface area contributed by atoms with Crippen molar-refractivity contribution in [2.24, 2.45) is 4.99 Å². The average Bonchev–Trinajstić information content (AvgIpc) is 1.61. The molecule has 0 bridgehead atoms. The summed E-state index contributed by atoms with van der Waals surface area (Å²) in [7, 11) is 0. The lowest BCUT2D eigenvalue weighted by Gasteiger charge is -1.48. The average molecular weight is 97.1 g/mol. The molecule has 0 aliphatic heterocycles. The molecule has 0 rings (SSSR count). The number of isothiocyanates is 1. The Morgan fingerprint density at radius 2 is 2.33 bits per heavy atom. The number of rotatable bonds is 0. The van der Waals surface area contributed by atoms with Crippen LogP contribution in [0.25, 0.3) is 0 Å². The van der Waals surface area contributed by atoms with Crippen molar-refractivity contribution in [3.05, 3.63) is 0 Å². The van der Waals surface area contributed by atoms with Crippen LogP contribution in [0.15, 0.2) is 4.99 Å². The Morgan fingerprint density at radius 1 is 1.67 bits per heavy atom. The maximum absolute atomic E-state index is 4.20. The maximum Gasteiger partial charge on any atom is 0.0742 e. The Bertz CT molecular complexity index is 122. The van der Waals surface area contributed by atoms with E-state index in [0.717, 1.165) is 0 Å². The van der Waals surface area contributed by atoms with Gasteiger partial charge in [0.25, 0.3) is 0 Å². The molecule has 0 N–H and O–H groups in total. The first-order valence-electron chi connectivity index (χ1n) is 1.40. The second-order valence-electron chi connectivity index (χ2n) is 0.565. The Morgan fingerprint density at radius 3 is 2.50 bits per heavy atom. The molecule has 0 spiro atoms. The van der Waals surface area contributed by atoms with E-state index in [-0.39, 0.29) is 0 Å². The summed E-state index contributed by atoms with van der Waals surface area (Å²) in [6.07, 6.45) is 0. The fourth-order valence-electron chi connectivity index (χ4n) is 0.0787. The van der Waals surface area contributed by atoms with Crippen molar-refractivity contribution < 1.29 is 0 Å². The van der Waals surface area contributed by atoms with E-state index in [1.165, 1.54) is 0 Å². The second kappa shape index (κ2) is 4.36. The van der Waals surface area contributed by atoms with Crippen LogP contribution >= 0.6 is 12.2 Å². The zero-order valence-corrected chi connectivity index (χ0v) is 4.17. The molecule has 0 unspecified atom stereocenters. The summed E-state index contributed by atoms with van der Waals surface area (Å²) in [6, 6.07) is 2.36. The van der Waals surface area contributed by atoms with E-state index in [9.17, 15) is 0 Å². The molecule has 0 heterocycles. The summed E-state index contributed by atoms with van der Waals surface area (Å²) in [6.45, 7) is 1.69. The molecular formula is C4H3NS. The highest BCUT2D eigenvalue weighted by Crippen LogP contribution is 1.52. The lowest BCUT2D eigenvalue weighted by atomic mass is 10.8. The Labute approximate surface area is 42.1 Å². The van der Waals surface area contributed by atoms with Gasteiger partial charge in [0.2, 0.25) is 0 Å². The predicted molar refractivity (Wildman–Crippen MR) is 28.5 cm³/mol. The Kier molecular flexibility index (Phi) is 3.89. The maximum atomic E-state index is 4.20. The quantitative estimate of drug-likeness (QED) is 0.250. The molecule has 0 amide bonds. The van der Waals surface area contributed by atoms with Crippen LogP contribution in [-0.4, -0.2) is 5.16 Å². The van der Waals surface area contributed by atoms with Gasteiger partial charge in [0.05, 0.1) is 5.16 Å². The second-order valence-corrected chi connectivity index (χ2v) is 0.747. The molecule has 0 fully saturated rings. The third-order valence-corrected chi connectivity index (χ3v) is 0.305. The zero-order chi connectivity index (χ0) is 4.83. The van der Waals surface area contributed by atoms with E-state index >= 15 is 0 Å². The van der Waals surface area contributed by atoms with Crippen molar-refractivity contribution in [2.75, 3.05) is 0 Å². The zero-order valence-electron chi connectivity index (χ0n) is 3.36. The molecule has 0 aliphatic carbocycles. The van der Waals surface area contributed by atoms with Gasteiger partial charge in [-0.1, -0.05) is 5.92 Å². The van der Waals surface area contributed by atoms with E-state index < -0.39 is 0 Å². The summed E-state index contributed by atoms with van der Waals surface area (Å²) in [5, 5.41) is 2.10. The van der Waals surface area contributed by atoms with Gasteiger partial charge in [0.1, 0.15) is 0 Å². The molecule has 0 aromatic heterocycles. The highest BCUT2D eigenvalue weighted by Gasteiger charge is 1.42. The number of aliphatic imine (C=N–C) groups is 1. The summed E-state index contributed by atoms with van der Waals surface area (Å²) in [5.74, 6) is 2.52. The highest BCUT2D eigenvalue weighted by atomic mass is 32.1. The fraction of sp³-hybridized carbons (Fsp3) is 0.250. The molecule has 0 radical (unpaired) electrons. The van der Waals surface area contributed by atoms with Crippen LogP contribution in [0.4, 0.5) is 0 Å².